The van der Waals surface area contributed by atoms with Crippen molar-refractivity contribution in [1.29, 1.82) is 0 Å². The van der Waals surface area contributed by atoms with E-state index in [1.807, 2.05) is 43.1 Å². The molecule has 4 heteroatoms. The summed E-state index contributed by atoms with van der Waals surface area (Å²) in [5.74, 6) is 2.68. The van der Waals surface area contributed by atoms with Gasteiger partial charge < -0.3 is 14.4 Å². The predicted molar refractivity (Wildman–Crippen MR) is 75.1 cm³/mol. The number of aliphatic hydroxyl groups excluding tert-OH is 1. The highest BCUT2D eigenvalue weighted by atomic mass is 16.3. The fourth-order valence-electron chi connectivity index (χ4n) is 1.99. The maximum absolute atomic E-state index is 9.29. The Labute approximate surface area is 113 Å². The van der Waals surface area contributed by atoms with Gasteiger partial charge in [-0.3, -0.25) is 0 Å². The molecule has 4 nitrogen and oxygen atoms in total. The van der Waals surface area contributed by atoms with E-state index >= 15 is 0 Å². The van der Waals surface area contributed by atoms with Gasteiger partial charge in [0.2, 0.25) is 0 Å². The number of furan rings is 1. The van der Waals surface area contributed by atoms with Crippen LogP contribution in [0.25, 0.3) is 0 Å². The summed E-state index contributed by atoms with van der Waals surface area (Å²) in [6, 6.07) is 7.78. The molecule has 0 aliphatic heterocycles. The van der Waals surface area contributed by atoms with Crippen molar-refractivity contribution in [3.63, 3.8) is 0 Å². The van der Waals surface area contributed by atoms with Crippen molar-refractivity contribution in [1.82, 2.24) is 4.98 Å². The Hall–Kier alpha value is -1.81. The van der Waals surface area contributed by atoms with E-state index in [2.05, 4.69) is 11.9 Å². The molecule has 2 aromatic heterocycles. The Kier molecular flexibility index (Phi) is 4.22. The number of aliphatic hydroxyl groups is 1. The van der Waals surface area contributed by atoms with Crippen LogP contribution in [-0.4, -0.2) is 17.1 Å². The first-order chi connectivity index (χ1) is 9.12. The van der Waals surface area contributed by atoms with E-state index in [1.54, 1.807) is 0 Å². The highest BCUT2D eigenvalue weighted by Gasteiger charge is 2.09. The van der Waals surface area contributed by atoms with Crippen LogP contribution in [0.1, 0.15) is 29.7 Å². The fraction of sp³-hybridized carbons (Fsp3) is 0.400. The minimum absolute atomic E-state index is 0.0379. The van der Waals surface area contributed by atoms with Crippen molar-refractivity contribution < 1.29 is 9.52 Å². The molecule has 0 fully saturated rings. The Morgan fingerprint density at radius 3 is 2.68 bits per heavy atom. The van der Waals surface area contributed by atoms with Crippen LogP contribution >= 0.6 is 0 Å². The second-order valence-corrected chi connectivity index (χ2v) is 4.71. The van der Waals surface area contributed by atoms with Gasteiger partial charge in [-0.2, -0.15) is 0 Å². The van der Waals surface area contributed by atoms with E-state index in [0.717, 1.165) is 35.0 Å². The number of nitrogens with zero attached hydrogens (tertiary/aromatic N) is 2. The van der Waals surface area contributed by atoms with Crippen molar-refractivity contribution in [2.24, 2.45) is 0 Å². The molecule has 0 radical (unpaired) electrons. The molecule has 102 valence electrons. The summed E-state index contributed by atoms with van der Waals surface area (Å²) >= 11 is 0. The summed E-state index contributed by atoms with van der Waals surface area (Å²) in [6.07, 6.45) is 0.856. The van der Waals surface area contributed by atoms with Crippen molar-refractivity contribution in [2.45, 2.75) is 33.4 Å². The summed E-state index contributed by atoms with van der Waals surface area (Å²) in [7, 11) is 1.97. The maximum Gasteiger partial charge on any atom is 0.129 e. The van der Waals surface area contributed by atoms with Gasteiger partial charge in [0.1, 0.15) is 17.3 Å². The molecule has 0 aromatic carbocycles. The zero-order chi connectivity index (χ0) is 13.8. The van der Waals surface area contributed by atoms with E-state index in [-0.39, 0.29) is 6.61 Å². The third-order valence-corrected chi connectivity index (χ3v) is 3.05. The third-order valence-electron chi connectivity index (χ3n) is 3.05. The Balaban J connectivity index is 2.20. The number of anilines is 1. The van der Waals surface area contributed by atoms with E-state index in [1.165, 1.54) is 0 Å². The molecule has 2 rings (SSSR count). The zero-order valence-electron chi connectivity index (χ0n) is 11.7. The van der Waals surface area contributed by atoms with Crippen LogP contribution in [0.3, 0.4) is 0 Å². The van der Waals surface area contributed by atoms with Gasteiger partial charge in [0.15, 0.2) is 0 Å². The van der Waals surface area contributed by atoms with Crippen LogP contribution < -0.4 is 4.90 Å². The molecular weight excluding hydrogens is 240 g/mol. The molecule has 0 saturated carbocycles. The van der Waals surface area contributed by atoms with E-state index in [9.17, 15) is 5.11 Å². The summed E-state index contributed by atoms with van der Waals surface area (Å²) in [4.78, 5) is 6.60. The molecule has 0 amide bonds. The second kappa shape index (κ2) is 5.89. The van der Waals surface area contributed by atoms with Gasteiger partial charge in [-0.25, -0.2) is 4.98 Å². The standard InChI is InChI=1S/C15H20N2O2/c1-4-13-7-12(10-18)8-15(16-13)17(3)9-14-6-5-11(2)19-14/h5-8,18H,4,9-10H2,1-3H3. The van der Waals surface area contributed by atoms with Gasteiger partial charge in [-0.1, -0.05) is 6.92 Å². The predicted octanol–water partition coefficient (Wildman–Crippen LogP) is 2.67. The lowest BCUT2D eigenvalue weighted by Crippen LogP contribution is -2.18. The highest BCUT2D eigenvalue weighted by Crippen LogP contribution is 2.18. The van der Waals surface area contributed by atoms with Gasteiger partial charge in [0.05, 0.1) is 13.2 Å². The van der Waals surface area contributed by atoms with Crippen molar-refractivity contribution in [2.75, 3.05) is 11.9 Å². The number of hydrogen-bond donors (Lipinski definition) is 1. The minimum Gasteiger partial charge on any atom is -0.464 e. The maximum atomic E-state index is 9.29. The van der Waals surface area contributed by atoms with E-state index in [0.29, 0.717) is 6.54 Å². The first-order valence-electron chi connectivity index (χ1n) is 6.49. The lowest BCUT2D eigenvalue weighted by molar-refractivity contribution is 0.281. The number of pyridine rings is 1. The molecule has 19 heavy (non-hydrogen) atoms. The van der Waals surface area contributed by atoms with Crippen molar-refractivity contribution in [3.05, 3.63) is 47.0 Å². The van der Waals surface area contributed by atoms with Gasteiger partial charge in [0.25, 0.3) is 0 Å². The monoisotopic (exact) mass is 260 g/mol. The van der Waals surface area contributed by atoms with Crippen molar-refractivity contribution in [3.8, 4) is 0 Å². The topological polar surface area (TPSA) is 49.5 Å². The van der Waals surface area contributed by atoms with Crippen LogP contribution in [0, 0.1) is 6.92 Å². The summed E-state index contributed by atoms with van der Waals surface area (Å²) in [6.45, 7) is 4.70. The zero-order valence-corrected chi connectivity index (χ0v) is 11.7. The van der Waals surface area contributed by atoms with E-state index < -0.39 is 0 Å². The number of aromatic nitrogens is 1. The van der Waals surface area contributed by atoms with Crippen LogP contribution in [-0.2, 0) is 19.6 Å². The smallest absolute Gasteiger partial charge is 0.129 e. The van der Waals surface area contributed by atoms with Crippen LogP contribution in [0.2, 0.25) is 0 Å². The molecule has 1 N–H and O–H groups in total. The fourth-order valence-corrected chi connectivity index (χ4v) is 1.99. The van der Waals surface area contributed by atoms with Gasteiger partial charge in [-0.05, 0) is 43.2 Å². The lowest BCUT2D eigenvalue weighted by atomic mass is 10.2. The molecule has 0 aliphatic carbocycles. The van der Waals surface area contributed by atoms with Crippen molar-refractivity contribution >= 4 is 5.82 Å². The van der Waals surface area contributed by atoms with Gasteiger partial charge in [0, 0.05) is 12.7 Å². The number of hydrogen-bond acceptors (Lipinski definition) is 4. The lowest BCUT2D eigenvalue weighted by Gasteiger charge is -2.18. The normalized spacial score (nSPS) is 10.7. The quantitative estimate of drug-likeness (QED) is 0.898. The first-order valence-corrected chi connectivity index (χ1v) is 6.49. The summed E-state index contributed by atoms with van der Waals surface area (Å²) in [5.41, 5.74) is 1.88. The van der Waals surface area contributed by atoms with E-state index in [4.69, 9.17) is 4.42 Å². The summed E-state index contributed by atoms with van der Waals surface area (Å²) < 4.78 is 5.57. The SMILES string of the molecule is CCc1cc(CO)cc(N(C)Cc2ccc(C)o2)n1. The number of aryl methyl sites for hydroxylation is 2. The van der Waals surface area contributed by atoms with Gasteiger partial charge in [-0.15, -0.1) is 0 Å². The molecule has 0 saturated heterocycles. The molecule has 0 unspecified atom stereocenters. The Morgan fingerprint density at radius 1 is 1.32 bits per heavy atom. The molecule has 0 bridgehead atoms. The molecule has 0 aliphatic rings. The second-order valence-electron chi connectivity index (χ2n) is 4.71. The highest BCUT2D eigenvalue weighted by molar-refractivity contribution is 5.42. The Bertz CT molecular complexity index is 527. The molecule has 2 heterocycles. The molecular formula is C15H20N2O2. The summed E-state index contributed by atoms with van der Waals surface area (Å²) in [5, 5.41) is 9.29. The van der Waals surface area contributed by atoms with Crippen LogP contribution in [0.5, 0.6) is 0 Å². The third kappa shape index (κ3) is 3.35. The molecule has 0 spiro atoms. The number of rotatable bonds is 5. The molecule has 2 aromatic rings. The Morgan fingerprint density at radius 2 is 2.11 bits per heavy atom. The molecule has 0 atom stereocenters. The average Bonchev–Trinajstić information content (AvgIpc) is 2.83. The average molecular weight is 260 g/mol. The van der Waals surface area contributed by atoms with Crippen LogP contribution in [0.4, 0.5) is 5.82 Å². The first kappa shape index (κ1) is 13.6. The minimum atomic E-state index is 0.0379. The largest absolute Gasteiger partial charge is 0.464 e. The van der Waals surface area contributed by atoms with Crippen LogP contribution in [0.15, 0.2) is 28.7 Å². The van der Waals surface area contributed by atoms with Gasteiger partial charge >= 0.3 is 0 Å².